The summed E-state index contributed by atoms with van der Waals surface area (Å²) in [6, 6.07) is 16.4. The summed E-state index contributed by atoms with van der Waals surface area (Å²) in [4.78, 5) is 33.9. The quantitative estimate of drug-likeness (QED) is 0.281. The summed E-state index contributed by atoms with van der Waals surface area (Å²) in [5.41, 5.74) is 6.46. The minimum absolute atomic E-state index is 0.0689. The molecule has 0 aromatic heterocycles. The van der Waals surface area contributed by atoms with Crippen LogP contribution in [0.5, 0.6) is 17.2 Å². The molecule has 0 aliphatic carbocycles. The summed E-state index contributed by atoms with van der Waals surface area (Å²) in [6.45, 7) is 2.01. The van der Waals surface area contributed by atoms with Crippen molar-refractivity contribution < 1.29 is 24.6 Å². The number of fused-ring (bicyclic) bond motifs is 3. The molecule has 4 N–H and O–H groups in total. The van der Waals surface area contributed by atoms with Crippen LogP contribution in [0.1, 0.15) is 30.0 Å². The second-order valence-electron chi connectivity index (χ2n) is 9.19. The third-order valence-electron chi connectivity index (χ3n) is 6.67. The van der Waals surface area contributed by atoms with Gasteiger partial charge in [-0.15, -0.1) is 5.43 Å². The van der Waals surface area contributed by atoms with Crippen molar-refractivity contribution in [1.82, 2.24) is 10.7 Å². The summed E-state index contributed by atoms with van der Waals surface area (Å²) >= 11 is 6.14. The number of hydrogen-bond donors (Lipinski definition) is 4. The Morgan fingerprint density at radius 1 is 1.13 bits per heavy atom. The van der Waals surface area contributed by atoms with Gasteiger partial charge in [-0.1, -0.05) is 29.8 Å². The summed E-state index contributed by atoms with van der Waals surface area (Å²) in [5.74, 6) is -0.195. The molecule has 2 aliphatic heterocycles. The lowest BCUT2D eigenvalue weighted by Crippen LogP contribution is -2.46. The van der Waals surface area contributed by atoms with Crippen molar-refractivity contribution in [1.29, 1.82) is 0 Å². The Hall–Kier alpha value is -4.31. The Morgan fingerprint density at radius 2 is 1.89 bits per heavy atom. The molecule has 3 atom stereocenters. The topological polar surface area (TPSA) is 126 Å². The maximum atomic E-state index is 13.1. The Bertz CT molecular complexity index is 1430. The van der Waals surface area contributed by atoms with Gasteiger partial charge in [0.05, 0.1) is 29.8 Å². The zero-order chi connectivity index (χ0) is 27.0. The van der Waals surface area contributed by atoms with Gasteiger partial charge in [0.2, 0.25) is 5.91 Å². The molecule has 1 amide bonds. The molecule has 196 valence electrons. The summed E-state index contributed by atoms with van der Waals surface area (Å²) in [7, 11) is 1.58. The molecule has 3 aromatic carbocycles. The fourth-order valence-corrected chi connectivity index (χ4v) is 4.97. The van der Waals surface area contributed by atoms with Crippen LogP contribution in [0, 0.1) is 4.91 Å². The molecule has 2 heterocycles. The van der Waals surface area contributed by atoms with Crippen LogP contribution in [0.4, 0.5) is 5.69 Å². The molecule has 38 heavy (non-hydrogen) atoms. The monoisotopic (exact) mass is 536 g/mol. The molecule has 3 aromatic rings. The van der Waals surface area contributed by atoms with Crippen molar-refractivity contribution in [2.45, 2.75) is 38.3 Å². The Morgan fingerprint density at radius 3 is 2.61 bits per heavy atom. The number of rotatable bonds is 6. The van der Waals surface area contributed by atoms with E-state index in [2.05, 4.69) is 10.7 Å². The fraction of sp³-hybridized carbons (Fsp3) is 0.259. The second kappa shape index (κ2) is 10.2. The van der Waals surface area contributed by atoms with Crippen molar-refractivity contribution in [2.75, 3.05) is 12.0 Å². The van der Waals surface area contributed by atoms with Gasteiger partial charge in [-0.2, -0.15) is 0 Å². The predicted octanol–water partition coefficient (Wildman–Crippen LogP) is 3.46. The number of amides is 1. The molecule has 0 radical (unpaired) electrons. The van der Waals surface area contributed by atoms with E-state index in [9.17, 15) is 19.9 Å². The van der Waals surface area contributed by atoms with E-state index in [0.29, 0.717) is 22.0 Å². The van der Waals surface area contributed by atoms with E-state index in [1.54, 1.807) is 25.3 Å². The van der Waals surface area contributed by atoms with Gasteiger partial charge in [0.15, 0.2) is 17.7 Å². The first kappa shape index (κ1) is 25.3. The van der Waals surface area contributed by atoms with E-state index in [1.807, 2.05) is 42.2 Å². The van der Waals surface area contributed by atoms with Gasteiger partial charge in [-0.05, 0) is 55.0 Å². The van der Waals surface area contributed by atoms with E-state index in [4.69, 9.17) is 21.3 Å². The Kier molecular flexibility index (Phi) is 6.81. The number of carbonyl (C=O) groups excluding carboxylic acids is 1. The molecular weight excluding hydrogens is 510 g/mol. The van der Waals surface area contributed by atoms with E-state index in [0.717, 1.165) is 21.7 Å². The lowest BCUT2D eigenvalue weighted by Gasteiger charge is -2.24. The molecule has 3 unspecified atom stereocenters. The number of anilines is 1. The van der Waals surface area contributed by atoms with Crippen molar-refractivity contribution in [3.8, 4) is 17.2 Å². The van der Waals surface area contributed by atoms with E-state index in [1.165, 1.54) is 12.1 Å². The van der Waals surface area contributed by atoms with Crippen LogP contribution in [0.2, 0.25) is 5.02 Å². The first-order valence-electron chi connectivity index (χ1n) is 12.1. The third-order valence-corrected chi connectivity index (χ3v) is 6.93. The number of benzene rings is 3. The highest BCUT2D eigenvalue weighted by Gasteiger charge is 2.53. The standard InChI is InChI=1S/C27H26ClN5O5/c1-15-31-33(37)27-21(13-25(36)29-14-16-3-10-23(34)24(35)11-16)30-26(17-4-6-18(28)7-5-17)20-12-19(38-2)8-9-22(20)32(15)27/h3-12,15,21,27H,13-14H2,1-2H3,(H3-,29,31,34,35,36,37)/p+1. The minimum Gasteiger partial charge on any atom is -0.504 e. The normalized spacial score (nSPS) is 20.1. The van der Waals surface area contributed by atoms with E-state index >= 15 is 0 Å². The number of carbonyl (C=O) groups is 1. The molecule has 1 fully saturated rings. The number of nitrogens with one attached hydrogen (secondary N) is 2. The van der Waals surface area contributed by atoms with Crippen LogP contribution in [-0.2, 0) is 11.3 Å². The van der Waals surface area contributed by atoms with Gasteiger partial charge in [-0.3, -0.25) is 14.7 Å². The van der Waals surface area contributed by atoms with Crippen LogP contribution >= 0.6 is 11.6 Å². The van der Waals surface area contributed by atoms with Crippen LogP contribution < -0.4 is 20.4 Å². The number of ether oxygens (including phenoxy) is 1. The average Bonchev–Trinajstić information content (AvgIpc) is 3.12. The van der Waals surface area contributed by atoms with Crippen molar-refractivity contribution >= 4 is 28.9 Å². The molecule has 0 bridgehead atoms. The molecule has 10 nitrogen and oxygen atoms in total. The number of aliphatic imine (C=N–C) groups is 1. The second-order valence-corrected chi connectivity index (χ2v) is 9.63. The molecule has 2 aliphatic rings. The number of nitroso groups, excluding NO2 is 1. The maximum Gasteiger partial charge on any atom is 0.333 e. The molecule has 0 spiro atoms. The minimum atomic E-state index is -0.787. The van der Waals surface area contributed by atoms with Crippen LogP contribution in [0.3, 0.4) is 0 Å². The number of nitrogens with zero attached hydrogens (tertiary/aromatic N) is 3. The Labute approximate surface area is 224 Å². The van der Waals surface area contributed by atoms with Crippen molar-refractivity contribution in [3.63, 3.8) is 0 Å². The number of halogens is 1. The van der Waals surface area contributed by atoms with Gasteiger partial charge >= 0.3 is 6.17 Å². The molecule has 11 heteroatoms. The highest BCUT2D eigenvalue weighted by atomic mass is 35.5. The average molecular weight is 537 g/mol. The van der Waals surface area contributed by atoms with Gasteiger partial charge in [0.25, 0.3) is 0 Å². The number of aromatic hydroxyl groups is 2. The zero-order valence-electron chi connectivity index (χ0n) is 20.8. The van der Waals surface area contributed by atoms with Gasteiger partial charge in [0.1, 0.15) is 16.7 Å². The highest BCUT2D eigenvalue weighted by molar-refractivity contribution is 6.30. The van der Waals surface area contributed by atoms with Gasteiger partial charge < -0.3 is 20.3 Å². The molecule has 0 saturated carbocycles. The number of hydrogen-bond acceptors (Lipinski definition) is 7. The lowest BCUT2D eigenvalue weighted by molar-refractivity contribution is -0.622. The summed E-state index contributed by atoms with van der Waals surface area (Å²) in [5, 5.41) is 22.7. The highest BCUT2D eigenvalue weighted by Crippen LogP contribution is 2.37. The largest absolute Gasteiger partial charge is 0.504 e. The SMILES string of the molecule is COc1ccc2c(c1)C(c1ccc(Cl)cc1)=NC(CC(=O)NCc1ccc(O)c(O)c1)C1N2C(C)N[N+]1=O. The van der Waals surface area contributed by atoms with Crippen LogP contribution in [-0.4, -0.2) is 52.2 Å². The van der Waals surface area contributed by atoms with Crippen LogP contribution in [0.15, 0.2) is 65.7 Å². The van der Waals surface area contributed by atoms with Crippen molar-refractivity contribution in [3.05, 3.63) is 87.3 Å². The summed E-state index contributed by atoms with van der Waals surface area (Å²) in [6.07, 6.45) is -1.21. The maximum absolute atomic E-state index is 13.1. The first-order valence-corrected chi connectivity index (χ1v) is 12.4. The van der Waals surface area contributed by atoms with E-state index < -0.39 is 12.2 Å². The van der Waals surface area contributed by atoms with Crippen LogP contribution in [0.25, 0.3) is 0 Å². The lowest BCUT2D eigenvalue weighted by atomic mass is 9.99. The fourth-order valence-electron chi connectivity index (χ4n) is 4.85. The number of phenolic OH excluding ortho intramolecular Hbond substituents is 2. The Balaban J connectivity index is 1.53. The zero-order valence-corrected chi connectivity index (χ0v) is 21.5. The van der Waals surface area contributed by atoms with Crippen molar-refractivity contribution in [2.24, 2.45) is 4.99 Å². The molecule has 1 saturated heterocycles. The number of phenols is 2. The van der Waals surface area contributed by atoms with Gasteiger partial charge in [-0.25, -0.2) is 0 Å². The number of methoxy groups -OCH3 is 1. The van der Waals surface area contributed by atoms with Gasteiger partial charge in [0, 0.05) is 22.7 Å². The third kappa shape index (κ3) is 4.82. The first-order chi connectivity index (χ1) is 18.2. The smallest absolute Gasteiger partial charge is 0.333 e. The molecular formula is C27H27ClN5O5+. The molecule has 5 rings (SSSR count). The number of hydrazine groups is 1. The predicted molar refractivity (Wildman–Crippen MR) is 143 cm³/mol. The summed E-state index contributed by atoms with van der Waals surface area (Å²) < 4.78 is 5.48. The van der Waals surface area contributed by atoms with E-state index in [-0.39, 0.29) is 36.5 Å².